The topological polar surface area (TPSA) is 57.1 Å². The van der Waals surface area contributed by atoms with Gasteiger partial charge >= 0.3 is 8.80 Å². The van der Waals surface area contributed by atoms with Crippen LogP contribution >= 0.6 is 0 Å². The highest BCUT2D eigenvalue weighted by Crippen LogP contribution is 2.25. The van der Waals surface area contributed by atoms with Gasteiger partial charge in [-0.2, -0.15) is 0 Å². The van der Waals surface area contributed by atoms with E-state index < -0.39 is 33.8 Å². The Morgan fingerprint density at radius 1 is 0.750 bits per heavy atom. The summed E-state index contributed by atoms with van der Waals surface area (Å²) in [5.41, 5.74) is 0. The first-order valence-corrected chi connectivity index (χ1v) is 19.0. The average Bonchev–Trinajstić information content (AvgIpc) is 2.05. The second-order valence-electron chi connectivity index (χ2n) is 7.73. The lowest BCUT2D eigenvalue weighted by atomic mass is 11.4. The van der Waals surface area contributed by atoms with E-state index in [0.29, 0.717) is 0 Å². The minimum absolute atomic E-state index is 0.176. The summed E-state index contributed by atoms with van der Waals surface area (Å²) in [6, 6.07) is 0. The molecule has 118 valence electrons. The van der Waals surface area contributed by atoms with Crippen LogP contribution in [0.2, 0.25) is 58.9 Å². The van der Waals surface area contributed by atoms with Crippen LogP contribution in [-0.2, 0) is 17.1 Å². The van der Waals surface area contributed by atoms with Gasteiger partial charge in [0.2, 0.25) is 6.08 Å². The van der Waals surface area contributed by atoms with Gasteiger partial charge in [-0.1, -0.05) is 0 Å². The van der Waals surface area contributed by atoms with E-state index in [0.717, 1.165) is 0 Å². The minimum Gasteiger partial charge on any atom is -0.416 e. The van der Waals surface area contributed by atoms with Gasteiger partial charge < -0.3 is 12.3 Å². The Kier molecular flexibility index (Phi) is 6.97. The third-order valence-corrected chi connectivity index (χ3v) is 13.3. The molecule has 0 aromatic rings. The van der Waals surface area contributed by atoms with Crippen LogP contribution in [0.15, 0.2) is 4.99 Å². The molecule has 0 amide bonds. The van der Waals surface area contributed by atoms with Crippen LogP contribution in [0.5, 0.6) is 0 Å². The molecule has 0 N–H and O–H groups in total. The molecule has 0 aromatic heterocycles. The maximum absolute atomic E-state index is 10.5. The molecular formula is C11H29NO4Si4. The van der Waals surface area contributed by atoms with Crippen molar-refractivity contribution in [2.24, 2.45) is 4.99 Å². The molecule has 0 bridgehead atoms. The number of hydrogen-bond acceptors (Lipinski definition) is 5. The highest BCUT2D eigenvalue weighted by atomic mass is 28.5. The fraction of sp³-hybridized carbons (Fsp3) is 0.909. The molecule has 0 aliphatic carbocycles. The van der Waals surface area contributed by atoms with Gasteiger partial charge in [0, 0.05) is 0 Å². The molecule has 0 heterocycles. The average molecular weight is 352 g/mol. The van der Waals surface area contributed by atoms with Crippen LogP contribution in [0.3, 0.4) is 0 Å². The number of carbonyl (C=O) groups excluding carboxylic acids is 1. The van der Waals surface area contributed by atoms with E-state index in [2.05, 4.69) is 63.9 Å². The Labute approximate surface area is 127 Å². The molecule has 0 saturated heterocycles. The van der Waals surface area contributed by atoms with Crippen molar-refractivity contribution in [1.29, 1.82) is 0 Å². The van der Waals surface area contributed by atoms with Crippen molar-refractivity contribution >= 4 is 39.8 Å². The van der Waals surface area contributed by atoms with Crippen LogP contribution in [0.25, 0.3) is 0 Å². The SMILES string of the molecule is C[Si](C)(C)O[Si](CN=C=O)(O[Si](C)(C)C)O[Si](C)(C)C. The van der Waals surface area contributed by atoms with Crippen molar-refractivity contribution in [1.82, 2.24) is 0 Å². The van der Waals surface area contributed by atoms with E-state index in [1.165, 1.54) is 0 Å². The summed E-state index contributed by atoms with van der Waals surface area (Å²) in [5.74, 6) is 0. The standard InChI is InChI=1S/C11H29NO4Si4/c1-17(2,3)14-20(11-12-10-13,15-18(4,5)6)16-19(7,8)9/h11H2,1-9H3. The fourth-order valence-electron chi connectivity index (χ4n) is 1.69. The number of nitrogens with zero attached hydrogens (tertiary/aromatic N) is 1. The number of rotatable bonds is 8. The first kappa shape index (κ1) is 20.1. The lowest BCUT2D eigenvalue weighted by molar-refractivity contribution is 0.254. The molecule has 0 unspecified atom stereocenters. The maximum atomic E-state index is 10.5. The summed E-state index contributed by atoms with van der Waals surface area (Å²) < 4.78 is 18.9. The summed E-state index contributed by atoms with van der Waals surface area (Å²) in [6.45, 7) is 18.9. The fourth-order valence-corrected chi connectivity index (χ4v) is 15.5. The highest BCUT2D eigenvalue weighted by Gasteiger charge is 2.50. The Bertz CT molecular complexity index is 323. The molecule has 9 heteroatoms. The van der Waals surface area contributed by atoms with Gasteiger partial charge in [0.1, 0.15) is 6.17 Å². The quantitative estimate of drug-likeness (QED) is 0.382. The normalized spacial score (nSPS) is 14.1. The molecule has 0 rings (SSSR count). The molecule has 0 spiro atoms. The van der Waals surface area contributed by atoms with Crippen molar-refractivity contribution in [2.45, 2.75) is 58.9 Å². The molecule has 0 saturated carbocycles. The van der Waals surface area contributed by atoms with E-state index in [1.807, 2.05) is 0 Å². The molecule has 0 aliphatic heterocycles. The monoisotopic (exact) mass is 351 g/mol. The summed E-state index contributed by atoms with van der Waals surface area (Å²) >= 11 is 0. The molecule has 0 radical (unpaired) electrons. The van der Waals surface area contributed by atoms with Crippen molar-refractivity contribution in [3.63, 3.8) is 0 Å². The molecule has 0 aromatic carbocycles. The molecular weight excluding hydrogens is 322 g/mol. The third-order valence-electron chi connectivity index (χ3n) is 1.72. The van der Waals surface area contributed by atoms with E-state index in [9.17, 15) is 4.79 Å². The molecule has 0 fully saturated rings. The van der Waals surface area contributed by atoms with Gasteiger partial charge in [-0.25, -0.2) is 9.79 Å². The van der Waals surface area contributed by atoms with Gasteiger partial charge in [0.25, 0.3) is 0 Å². The zero-order chi connectivity index (χ0) is 16.2. The first-order chi connectivity index (χ1) is 8.68. The van der Waals surface area contributed by atoms with Crippen molar-refractivity contribution in [2.75, 3.05) is 6.17 Å². The number of isocyanates is 1. The van der Waals surface area contributed by atoms with Gasteiger partial charge in [0.05, 0.1) is 0 Å². The summed E-state index contributed by atoms with van der Waals surface area (Å²) in [7, 11) is -8.59. The van der Waals surface area contributed by atoms with E-state index in [4.69, 9.17) is 12.3 Å². The molecule has 20 heavy (non-hydrogen) atoms. The Morgan fingerprint density at radius 2 is 1.05 bits per heavy atom. The zero-order valence-electron chi connectivity index (χ0n) is 14.3. The largest absolute Gasteiger partial charge is 0.493 e. The van der Waals surface area contributed by atoms with Crippen molar-refractivity contribution in [3.8, 4) is 0 Å². The zero-order valence-corrected chi connectivity index (χ0v) is 18.3. The van der Waals surface area contributed by atoms with Crippen LogP contribution in [0.4, 0.5) is 0 Å². The maximum Gasteiger partial charge on any atom is 0.493 e. The molecule has 5 nitrogen and oxygen atoms in total. The van der Waals surface area contributed by atoms with Gasteiger partial charge in [0.15, 0.2) is 25.0 Å². The Hall–Kier alpha value is 0.128. The lowest BCUT2D eigenvalue weighted by Crippen LogP contribution is -2.62. The number of hydrogen-bond donors (Lipinski definition) is 0. The van der Waals surface area contributed by atoms with Crippen molar-refractivity contribution < 1.29 is 17.1 Å². The molecule has 0 aliphatic rings. The lowest BCUT2D eigenvalue weighted by Gasteiger charge is -2.41. The van der Waals surface area contributed by atoms with Crippen LogP contribution in [0.1, 0.15) is 0 Å². The van der Waals surface area contributed by atoms with E-state index in [1.54, 1.807) is 6.08 Å². The predicted octanol–water partition coefficient (Wildman–Crippen LogP) is 3.35. The van der Waals surface area contributed by atoms with Crippen LogP contribution in [0, 0.1) is 0 Å². The minimum atomic E-state index is -2.97. The third kappa shape index (κ3) is 9.94. The smallest absolute Gasteiger partial charge is 0.416 e. The summed E-state index contributed by atoms with van der Waals surface area (Å²) in [6.07, 6.45) is 1.77. The Morgan fingerprint density at radius 3 is 1.25 bits per heavy atom. The van der Waals surface area contributed by atoms with Gasteiger partial charge in [-0.3, -0.25) is 0 Å². The molecule has 0 atom stereocenters. The predicted molar refractivity (Wildman–Crippen MR) is 92.0 cm³/mol. The Balaban J connectivity index is 5.55. The van der Waals surface area contributed by atoms with Gasteiger partial charge in [-0.15, -0.1) is 0 Å². The van der Waals surface area contributed by atoms with Crippen LogP contribution < -0.4 is 0 Å². The second kappa shape index (κ2) is 6.92. The van der Waals surface area contributed by atoms with E-state index >= 15 is 0 Å². The summed E-state index contributed by atoms with van der Waals surface area (Å²) in [5, 5.41) is 0. The first-order valence-electron chi connectivity index (χ1n) is 6.82. The van der Waals surface area contributed by atoms with Crippen LogP contribution in [-0.4, -0.2) is 46.0 Å². The van der Waals surface area contributed by atoms with E-state index in [-0.39, 0.29) is 6.17 Å². The number of aliphatic imine (C=N–C) groups is 1. The highest BCUT2D eigenvalue weighted by molar-refractivity contribution is 6.90. The second-order valence-corrected chi connectivity index (χ2v) is 24.5. The van der Waals surface area contributed by atoms with Gasteiger partial charge in [-0.05, 0) is 58.9 Å². The summed E-state index contributed by atoms with van der Waals surface area (Å²) in [4.78, 5) is 14.3. The van der Waals surface area contributed by atoms with Crippen molar-refractivity contribution in [3.05, 3.63) is 0 Å².